The minimum absolute atomic E-state index is 1.06. The highest BCUT2D eigenvalue weighted by atomic mass is 13.8. The molecule has 0 aliphatic rings. The number of hydrogen-bond acceptors (Lipinski definition) is 0. The molecule has 0 rings (SSSR count). The average molecular weight is 122 g/mol. The lowest BCUT2D eigenvalue weighted by molar-refractivity contribution is 1.05. The van der Waals surface area contributed by atoms with Gasteiger partial charge in [-0.3, -0.25) is 0 Å². The highest BCUT2D eigenvalue weighted by molar-refractivity contribution is 5.10. The van der Waals surface area contributed by atoms with E-state index in [4.69, 9.17) is 0 Å². The molecule has 0 atom stereocenters. The van der Waals surface area contributed by atoms with Crippen molar-refractivity contribution in [3.05, 3.63) is 37.0 Å². The second-order valence-corrected chi connectivity index (χ2v) is 2.11. The van der Waals surface area contributed by atoms with E-state index < -0.39 is 0 Å². The van der Waals surface area contributed by atoms with Gasteiger partial charge < -0.3 is 0 Å². The maximum atomic E-state index is 3.74. The van der Waals surface area contributed by atoms with Crippen LogP contribution in [0, 0.1) is 0 Å². The minimum atomic E-state index is 1.06. The number of rotatable bonds is 4. The molecule has 0 heteroatoms. The summed E-state index contributed by atoms with van der Waals surface area (Å²) in [4.78, 5) is 0. The van der Waals surface area contributed by atoms with Gasteiger partial charge in [0, 0.05) is 0 Å². The first-order valence-corrected chi connectivity index (χ1v) is 3.20. The fourth-order valence-electron chi connectivity index (χ4n) is 0.499. The fraction of sp³-hybridized carbons (Fsp3) is 0.333. The number of unbranched alkanes of at least 4 members (excludes halogenated alkanes) is 1. The van der Waals surface area contributed by atoms with Gasteiger partial charge in [0.2, 0.25) is 0 Å². The molecule has 0 saturated carbocycles. The summed E-state index contributed by atoms with van der Waals surface area (Å²) in [6.07, 6.45) is 8.20. The standard InChI is InChI=1S/C9H14/c1-4-5-6-7-8-9(2)3/h4,7-8H,1-2,5-6H2,3H3. The van der Waals surface area contributed by atoms with Gasteiger partial charge >= 0.3 is 0 Å². The Morgan fingerprint density at radius 3 is 2.56 bits per heavy atom. The van der Waals surface area contributed by atoms with Crippen LogP contribution in [0.5, 0.6) is 0 Å². The van der Waals surface area contributed by atoms with E-state index in [1.807, 2.05) is 19.1 Å². The highest BCUT2D eigenvalue weighted by Crippen LogP contribution is 1.94. The third kappa shape index (κ3) is 7.22. The van der Waals surface area contributed by atoms with Gasteiger partial charge in [-0.15, -0.1) is 6.58 Å². The first-order chi connectivity index (χ1) is 4.27. The molecule has 0 aliphatic carbocycles. The summed E-state index contributed by atoms with van der Waals surface area (Å²) in [5.41, 5.74) is 1.11. The molecule has 0 bridgehead atoms. The zero-order valence-corrected chi connectivity index (χ0v) is 6.06. The van der Waals surface area contributed by atoms with Gasteiger partial charge in [-0.25, -0.2) is 0 Å². The Morgan fingerprint density at radius 2 is 2.11 bits per heavy atom. The molecule has 50 valence electrons. The minimum Gasteiger partial charge on any atom is -0.103 e. The maximum Gasteiger partial charge on any atom is -0.0313 e. The Bertz CT molecular complexity index is 118. The Kier molecular flexibility index (Phi) is 4.89. The first-order valence-electron chi connectivity index (χ1n) is 3.20. The lowest BCUT2D eigenvalue weighted by Crippen LogP contribution is -1.64. The lowest BCUT2D eigenvalue weighted by atomic mass is 10.2. The summed E-state index contributed by atoms with van der Waals surface area (Å²) in [7, 11) is 0. The molecule has 0 heterocycles. The topological polar surface area (TPSA) is 0 Å². The van der Waals surface area contributed by atoms with Crippen LogP contribution in [0.3, 0.4) is 0 Å². The molecular formula is C9H14. The zero-order chi connectivity index (χ0) is 7.11. The zero-order valence-electron chi connectivity index (χ0n) is 6.06. The van der Waals surface area contributed by atoms with E-state index in [0.29, 0.717) is 0 Å². The third-order valence-corrected chi connectivity index (χ3v) is 0.940. The Balaban J connectivity index is 3.24. The quantitative estimate of drug-likeness (QED) is 0.305. The highest BCUT2D eigenvalue weighted by Gasteiger charge is 1.74. The molecule has 0 nitrogen and oxygen atoms in total. The van der Waals surface area contributed by atoms with Crippen LogP contribution in [0.4, 0.5) is 0 Å². The SMILES string of the molecule is C=CCCC=CC(=C)C. The van der Waals surface area contributed by atoms with Crippen molar-refractivity contribution in [1.82, 2.24) is 0 Å². The second-order valence-electron chi connectivity index (χ2n) is 2.11. The molecule has 0 aromatic rings. The Labute approximate surface area is 57.6 Å². The van der Waals surface area contributed by atoms with Crippen LogP contribution < -0.4 is 0 Å². The van der Waals surface area contributed by atoms with Crippen LogP contribution in [0.25, 0.3) is 0 Å². The van der Waals surface area contributed by atoms with Gasteiger partial charge in [-0.2, -0.15) is 0 Å². The molecule has 0 saturated heterocycles. The van der Waals surface area contributed by atoms with Crippen molar-refractivity contribution in [2.24, 2.45) is 0 Å². The molecule has 0 aromatic carbocycles. The second kappa shape index (κ2) is 5.36. The third-order valence-electron chi connectivity index (χ3n) is 0.940. The molecule has 0 fully saturated rings. The molecule has 9 heavy (non-hydrogen) atoms. The molecule has 0 unspecified atom stereocenters. The van der Waals surface area contributed by atoms with Crippen LogP contribution in [0.15, 0.2) is 37.0 Å². The van der Waals surface area contributed by atoms with Crippen molar-refractivity contribution in [1.29, 1.82) is 0 Å². The lowest BCUT2D eigenvalue weighted by Gasteiger charge is -1.84. The van der Waals surface area contributed by atoms with Crippen LogP contribution in [0.2, 0.25) is 0 Å². The predicted molar refractivity (Wildman–Crippen MR) is 43.4 cm³/mol. The molecule has 0 aliphatic heterocycles. The summed E-state index contributed by atoms with van der Waals surface area (Å²) < 4.78 is 0. The van der Waals surface area contributed by atoms with Crippen molar-refractivity contribution in [3.63, 3.8) is 0 Å². The summed E-state index contributed by atoms with van der Waals surface area (Å²) in [6, 6.07) is 0. The first kappa shape index (κ1) is 8.22. The Hall–Kier alpha value is -0.780. The van der Waals surface area contributed by atoms with Gasteiger partial charge in [-0.05, 0) is 19.8 Å². The van der Waals surface area contributed by atoms with E-state index >= 15 is 0 Å². The maximum absolute atomic E-state index is 3.74. The number of hydrogen-bond donors (Lipinski definition) is 0. The fourth-order valence-corrected chi connectivity index (χ4v) is 0.499. The summed E-state index contributed by atoms with van der Waals surface area (Å²) in [5.74, 6) is 0. The van der Waals surface area contributed by atoms with E-state index in [-0.39, 0.29) is 0 Å². The van der Waals surface area contributed by atoms with Crippen molar-refractivity contribution in [2.75, 3.05) is 0 Å². The van der Waals surface area contributed by atoms with Crippen molar-refractivity contribution >= 4 is 0 Å². The van der Waals surface area contributed by atoms with Crippen molar-refractivity contribution in [2.45, 2.75) is 19.8 Å². The van der Waals surface area contributed by atoms with Gasteiger partial charge in [0.1, 0.15) is 0 Å². The summed E-state index contributed by atoms with van der Waals surface area (Å²) in [6.45, 7) is 9.35. The van der Waals surface area contributed by atoms with Crippen molar-refractivity contribution in [3.8, 4) is 0 Å². The van der Waals surface area contributed by atoms with Crippen LogP contribution in [-0.4, -0.2) is 0 Å². The predicted octanol–water partition coefficient (Wildman–Crippen LogP) is 3.08. The average Bonchev–Trinajstić information content (AvgIpc) is 1.80. The van der Waals surface area contributed by atoms with Crippen LogP contribution in [-0.2, 0) is 0 Å². The molecular weight excluding hydrogens is 108 g/mol. The van der Waals surface area contributed by atoms with E-state index in [0.717, 1.165) is 18.4 Å². The number of allylic oxidation sites excluding steroid dienone is 4. The van der Waals surface area contributed by atoms with Crippen LogP contribution >= 0.6 is 0 Å². The van der Waals surface area contributed by atoms with E-state index in [1.165, 1.54) is 0 Å². The summed E-state index contributed by atoms with van der Waals surface area (Å²) in [5, 5.41) is 0. The van der Waals surface area contributed by atoms with Gasteiger partial charge in [0.25, 0.3) is 0 Å². The largest absolute Gasteiger partial charge is 0.103 e. The van der Waals surface area contributed by atoms with E-state index in [1.54, 1.807) is 0 Å². The molecule has 0 N–H and O–H groups in total. The smallest absolute Gasteiger partial charge is 0.0313 e. The van der Waals surface area contributed by atoms with Crippen molar-refractivity contribution < 1.29 is 0 Å². The van der Waals surface area contributed by atoms with E-state index in [2.05, 4.69) is 19.2 Å². The molecule has 0 spiro atoms. The molecule has 0 radical (unpaired) electrons. The summed E-state index contributed by atoms with van der Waals surface area (Å²) >= 11 is 0. The van der Waals surface area contributed by atoms with Gasteiger partial charge in [0.15, 0.2) is 0 Å². The Morgan fingerprint density at radius 1 is 1.44 bits per heavy atom. The normalized spacial score (nSPS) is 9.89. The van der Waals surface area contributed by atoms with Gasteiger partial charge in [0.05, 0.1) is 0 Å². The molecule has 0 amide bonds. The monoisotopic (exact) mass is 122 g/mol. The van der Waals surface area contributed by atoms with Gasteiger partial charge in [-0.1, -0.05) is 30.4 Å². The van der Waals surface area contributed by atoms with Crippen LogP contribution in [0.1, 0.15) is 19.8 Å². The van der Waals surface area contributed by atoms with E-state index in [9.17, 15) is 0 Å². The molecule has 0 aromatic heterocycles.